The van der Waals surface area contributed by atoms with E-state index in [1.54, 1.807) is 54.6 Å². The van der Waals surface area contributed by atoms with E-state index in [9.17, 15) is 14.4 Å². The van der Waals surface area contributed by atoms with Crippen molar-refractivity contribution in [3.05, 3.63) is 81.9 Å². The highest BCUT2D eigenvalue weighted by atomic mass is 35.5. The van der Waals surface area contributed by atoms with Crippen molar-refractivity contribution in [1.29, 1.82) is 0 Å². The molecule has 2 aromatic carbocycles. The summed E-state index contributed by atoms with van der Waals surface area (Å²) in [6, 6.07) is 13.7. The summed E-state index contributed by atoms with van der Waals surface area (Å²) in [4.78, 5) is 35.8. The molecule has 1 fully saturated rings. The van der Waals surface area contributed by atoms with E-state index in [1.165, 1.54) is 12.2 Å². The lowest BCUT2D eigenvalue weighted by molar-refractivity contribution is -0.123. The Labute approximate surface area is 165 Å². The van der Waals surface area contributed by atoms with Gasteiger partial charge in [0, 0.05) is 10.6 Å². The number of thiocarbonyl (C=S) groups is 1. The molecule has 2 aromatic rings. The molecular weight excluding hydrogens is 384 g/mol. The minimum absolute atomic E-state index is 0.00649. The van der Waals surface area contributed by atoms with Gasteiger partial charge in [0.2, 0.25) is 0 Å². The molecule has 0 atom stereocenters. The lowest BCUT2D eigenvalue weighted by Gasteiger charge is -2.16. The molecule has 0 saturated carbocycles. The van der Waals surface area contributed by atoms with E-state index in [-0.39, 0.29) is 16.5 Å². The Kier molecular flexibility index (Phi) is 5.59. The Bertz CT molecular complexity index is 971. The number of halogens is 1. The topological polar surface area (TPSA) is 75.3 Å². The van der Waals surface area contributed by atoms with Crippen LogP contribution in [-0.2, 0) is 9.59 Å². The Balaban J connectivity index is 1.72. The van der Waals surface area contributed by atoms with Crippen molar-refractivity contribution < 1.29 is 14.4 Å². The van der Waals surface area contributed by atoms with E-state index in [1.807, 2.05) is 0 Å². The fourth-order valence-electron chi connectivity index (χ4n) is 2.36. The van der Waals surface area contributed by atoms with Crippen LogP contribution >= 0.6 is 23.8 Å². The van der Waals surface area contributed by atoms with Gasteiger partial charge in [-0.05, 0) is 59.8 Å². The first-order valence-corrected chi connectivity index (χ1v) is 8.67. The summed E-state index contributed by atoms with van der Waals surface area (Å²) in [7, 11) is 0. The van der Waals surface area contributed by atoms with Gasteiger partial charge in [-0.15, -0.1) is 0 Å². The second kappa shape index (κ2) is 8.07. The van der Waals surface area contributed by atoms with Crippen LogP contribution in [-0.4, -0.2) is 22.7 Å². The first-order chi connectivity index (χ1) is 12.9. The maximum atomic E-state index is 12.1. The fourth-order valence-corrected chi connectivity index (χ4v) is 2.67. The van der Waals surface area contributed by atoms with Gasteiger partial charge in [0.1, 0.15) is 5.57 Å². The summed E-state index contributed by atoms with van der Waals surface area (Å²) >= 11 is 10.6. The average molecular weight is 397 g/mol. The molecule has 1 aliphatic heterocycles. The number of allylic oxidation sites excluding steroid dienone is 1. The molecule has 134 valence electrons. The fraction of sp³-hybridized carbons (Fsp3) is 0. The highest BCUT2D eigenvalue weighted by Gasteiger charge is 2.25. The van der Waals surface area contributed by atoms with Crippen LogP contribution in [0.5, 0.6) is 0 Å². The minimum Gasteiger partial charge on any atom is -0.299 e. The van der Waals surface area contributed by atoms with Crippen molar-refractivity contribution >= 4 is 58.7 Å². The number of hydrogen-bond acceptors (Lipinski definition) is 4. The summed E-state index contributed by atoms with van der Waals surface area (Å²) in [6.07, 6.45) is 4.63. The SMILES string of the molecule is O=C1NC(=S)NC(=O)C1=Cc1ccc(/C=C/C(=O)c2ccc(Cl)cc2)cc1. The molecule has 1 heterocycles. The van der Waals surface area contributed by atoms with Gasteiger partial charge < -0.3 is 0 Å². The molecular formula is C20H13ClN2O3S. The smallest absolute Gasteiger partial charge is 0.263 e. The molecule has 3 rings (SSSR count). The number of nitrogens with one attached hydrogen (secondary N) is 2. The quantitative estimate of drug-likeness (QED) is 0.360. The summed E-state index contributed by atoms with van der Waals surface area (Å²) in [5, 5.41) is 5.32. The highest BCUT2D eigenvalue weighted by Crippen LogP contribution is 2.14. The Morgan fingerprint density at radius 1 is 0.889 bits per heavy atom. The van der Waals surface area contributed by atoms with E-state index in [0.29, 0.717) is 16.1 Å². The normalized spacial score (nSPS) is 14.1. The zero-order chi connectivity index (χ0) is 19.4. The first-order valence-electron chi connectivity index (χ1n) is 7.89. The van der Waals surface area contributed by atoms with E-state index in [2.05, 4.69) is 10.6 Å². The van der Waals surface area contributed by atoms with Crippen LogP contribution < -0.4 is 10.6 Å². The predicted octanol–water partition coefficient (Wildman–Crippen LogP) is 3.15. The number of hydrogen-bond donors (Lipinski definition) is 2. The molecule has 27 heavy (non-hydrogen) atoms. The monoisotopic (exact) mass is 396 g/mol. The largest absolute Gasteiger partial charge is 0.299 e. The third kappa shape index (κ3) is 4.75. The predicted molar refractivity (Wildman–Crippen MR) is 108 cm³/mol. The van der Waals surface area contributed by atoms with Crippen LogP contribution in [0.1, 0.15) is 21.5 Å². The molecule has 0 unspecified atom stereocenters. The summed E-state index contributed by atoms with van der Waals surface area (Å²) in [5.41, 5.74) is 2.00. The maximum absolute atomic E-state index is 12.1. The van der Waals surface area contributed by atoms with Crippen molar-refractivity contribution in [2.45, 2.75) is 0 Å². The van der Waals surface area contributed by atoms with Crippen LogP contribution in [0, 0.1) is 0 Å². The number of carbonyl (C=O) groups excluding carboxylic acids is 3. The Morgan fingerprint density at radius 2 is 1.44 bits per heavy atom. The zero-order valence-corrected chi connectivity index (χ0v) is 15.4. The Hall–Kier alpha value is -3.09. The number of carbonyl (C=O) groups is 3. The molecule has 2 N–H and O–H groups in total. The van der Waals surface area contributed by atoms with E-state index in [4.69, 9.17) is 23.8 Å². The van der Waals surface area contributed by atoms with Crippen LogP contribution in [0.25, 0.3) is 12.2 Å². The molecule has 7 heteroatoms. The molecule has 0 bridgehead atoms. The maximum Gasteiger partial charge on any atom is 0.263 e. The van der Waals surface area contributed by atoms with Crippen molar-refractivity contribution in [1.82, 2.24) is 10.6 Å². The number of amides is 2. The highest BCUT2D eigenvalue weighted by molar-refractivity contribution is 7.80. The average Bonchev–Trinajstić information content (AvgIpc) is 2.64. The third-order valence-electron chi connectivity index (χ3n) is 3.75. The lowest BCUT2D eigenvalue weighted by atomic mass is 10.1. The third-order valence-corrected chi connectivity index (χ3v) is 4.20. The van der Waals surface area contributed by atoms with Gasteiger partial charge in [-0.2, -0.15) is 0 Å². The second-order valence-corrected chi connectivity index (χ2v) is 6.51. The standard InChI is InChI=1S/C20H13ClN2O3S/c21-15-8-6-14(7-9-15)17(24)10-5-12-1-3-13(4-2-12)11-16-18(25)22-20(27)23-19(16)26/h1-11H,(H2,22,23,25,26,27)/b10-5+. The molecule has 5 nitrogen and oxygen atoms in total. The number of ketones is 1. The molecule has 0 spiro atoms. The second-order valence-electron chi connectivity index (χ2n) is 5.67. The molecule has 1 aliphatic rings. The molecule has 0 radical (unpaired) electrons. The van der Waals surface area contributed by atoms with Crippen molar-refractivity contribution in [3.63, 3.8) is 0 Å². The van der Waals surface area contributed by atoms with E-state index >= 15 is 0 Å². The summed E-state index contributed by atoms with van der Waals surface area (Å²) in [5.74, 6) is -1.22. The van der Waals surface area contributed by atoms with E-state index < -0.39 is 11.8 Å². The molecule has 0 aliphatic carbocycles. The van der Waals surface area contributed by atoms with Crippen LogP contribution in [0.2, 0.25) is 5.02 Å². The Morgan fingerprint density at radius 3 is 2.04 bits per heavy atom. The van der Waals surface area contributed by atoms with Crippen LogP contribution in [0.15, 0.2) is 60.2 Å². The van der Waals surface area contributed by atoms with Crippen LogP contribution in [0.3, 0.4) is 0 Å². The molecule has 2 amide bonds. The van der Waals surface area contributed by atoms with Gasteiger partial charge in [0.05, 0.1) is 0 Å². The number of benzene rings is 2. The lowest BCUT2D eigenvalue weighted by Crippen LogP contribution is -2.51. The molecule has 0 aromatic heterocycles. The van der Waals surface area contributed by atoms with Crippen molar-refractivity contribution in [2.75, 3.05) is 0 Å². The van der Waals surface area contributed by atoms with Gasteiger partial charge in [0.25, 0.3) is 11.8 Å². The van der Waals surface area contributed by atoms with Crippen molar-refractivity contribution in [3.8, 4) is 0 Å². The van der Waals surface area contributed by atoms with Gasteiger partial charge in [-0.1, -0.05) is 41.9 Å². The number of rotatable bonds is 4. The molecule has 1 saturated heterocycles. The summed E-state index contributed by atoms with van der Waals surface area (Å²) < 4.78 is 0. The van der Waals surface area contributed by atoms with E-state index in [0.717, 1.165) is 5.56 Å². The van der Waals surface area contributed by atoms with Crippen molar-refractivity contribution in [2.24, 2.45) is 0 Å². The van der Waals surface area contributed by atoms with Gasteiger partial charge in [-0.25, -0.2) is 0 Å². The van der Waals surface area contributed by atoms with Gasteiger partial charge in [0.15, 0.2) is 10.9 Å². The minimum atomic E-state index is -0.540. The zero-order valence-electron chi connectivity index (χ0n) is 13.9. The van der Waals surface area contributed by atoms with Gasteiger partial charge >= 0.3 is 0 Å². The van der Waals surface area contributed by atoms with Gasteiger partial charge in [-0.3, -0.25) is 25.0 Å². The van der Waals surface area contributed by atoms with Crippen LogP contribution in [0.4, 0.5) is 0 Å². The first kappa shape index (κ1) is 18.7. The summed E-state index contributed by atoms with van der Waals surface area (Å²) in [6.45, 7) is 0.